The molecule has 0 spiro atoms. The minimum Gasteiger partial charge on any atom is -0.355 e. The normalized spacial score (nSPS) is 17.4. The molecule has 1 saturated heterocycles. The van der Waals surface area contributed by atoms with Gasteiger partial charge in [-0.1, -0.05) is 35.5 Å². The Morgan fingerprint density at radius 3 is 2.78 bits per heavy atom. The number of amides is 1. The first kappa shape index (κ1) is 22.6. The quantitative estimate of drug-likeness (QED) is 0.564. The maximum atomic E-state index is 13.4. The van der Waals surface area contributed by atoms with Crippen LogP contribution >= 0.6 is 11.3 Å². The summed E-state index contributed by atoms with van der Waals surface area (Å²) in [5.74, 6) is 0.359. The van der Waals surface area contributed by atoms with Crippen molar-refractivity contribution in [1.29, 1.82) is 0 Å². The average Bonchev–Trinajstić information content (AvgIpc) is 3.40. The second-order valence-electron chi connectivity index (χ2n) is 7.90. The highest BCUT2D eigenvalue weighted by Crippen LogP contribution is 2.34. The van der Waals surface area contributed by atoms with Gasteiger partial charge in [0.2, 0.25) is 27.6 Å². The van der Waals surface area contributed by atoms with Crippen LogP contribution in [-0.2, 0) is 21.2 Å². The molecule has 3 heterocycles. The summed E-state index contributed by atoms with van der Waals surface area (Å²) in [7, 11) is -3.73. The lowest BCUT2D eigenvalue weighted by molar-refractivity contribution is -0.126. The van der Waals surface area contributed by atoms with Crippen LogP contribution in [0.15, 0.2) is 45.8 Å². The van der Waals surface area contributed by atoms with Gasteiger partial charge >= 0.3 is 0 Å². The zero-order valence-electron chi connectivity index (χ0n) is 18.1. The molecule has 1 atom stereocenters. The van der Waals surface area contributed by atoms with E-state index >= 15 is 0 Å². The summed E-state index contributed by atoms with van der Waals surface area (Å²) in [5.41, 5.74) is 1.15. The summed E-state index contributed by atoms with van der Waals surface area (Å²) in [6.07, 6.45) is 2.07. The number of benzene rings is 1. The van der Waals surface area contributed by atoms with E-state index in [2.05, 4.69) is 15.5 Å². The zero-order chi connectivity index (χ0) is 22.7. The predicted molar refractivity (Wildman–Crippen MR) is 122 cm³/mol. The van der Waals surface area contributed by atoms with E-state index in [-0.39, 0.29) is 23.3 Å². The predicted octanol–water partition coefficient (Wildman–Crippen LogP) is 3.17. The van der Waals surface area contributed by atoms with Gasteiger partial charge in [-0.05, 0) is 37.8 Å². The molecule has 4 rings (SSSR count). The maximum Gasteiger partial charge on any atom is 0.244 e. The lowest BCUT2D eigenvalue weighted by Gasteiger charge is -2.31. The largest absolute Gasteiger partial charge is 0.355 e. The van der Waals surface area contributed by atoms with Crippen LogP contribution in [0.5, 0.6) is 0 Å². The van der Waals surface area contributed by atoms with Gasteiger partial charge in [-0.3, -0.25) is 4.79 Å². The number of nitrogens with zero attached hydrogens (tertiary/aromatic N) is 3. The van der Waals surface area contributed by atoms with Gasteiger partial charge in [0.1, 0.15) is 0 Å². The number of hydrogen-bond donors (Lipinski definition) is 1. The molecular weight excluding hydrogens is 448 g/mol. The van der Waals surface area contributed by atoms with E-state index in [1.807, 2.05) is 30.3 Å². The van der Waals surface area contributed by atoms with Crippen LogP contribution in [0.1, 0.15) is 29.2 Å². The fourth-order valence-corrected chi connectivity index (χ4v) is 6.87. The van der Waals surface area contributed by atoms with Crippen LogP contribution in [0, 0.1) is 19.8 Å². The van der Waals surface area contributed by atoms with Gasteiger partial charge in [0.05, 0.1) is 15.7 Å². The van der Waals surface area contributed by atoms with Gasteiger partial charge in [-0.15, -0.1) is 11.3 Å². The molecule has 8 nitrogen and oxygen atoms in total. The lowest BCUT2D eigenvalue weighted by Crippen LogP contribution is -2.45. The van der Waals surface area contributed by atoms with Crippen molar-refractivity contribution in [3.8, 4) is 10.7 Å². The number of sulfonamides is 1. The molecular formula is C22H26N4O4S2. The van der Waals surface area contributed by atoms with Gasteiger partial charge in [-0.2, -0.15) is 9.29 Å². The van der Waals surface area contributed by atoms with Crippen LogP contribution in [0.4, 0.5) is 0 Å². The highest BCUT2D eigenvalue weighted by atomic mass is 32.2. The van der Waals surface area contributed by atoms with Crippen LogP contribution in [0.25, 0.3) is 10.7 Å². The summed E-state index contributed by atoms with van der Waals surface area (Å²) >= 11 is 1.32. The van der Waals surface area contributed by atoms with Crippen molar-refractivity contribution < 1.29 is 17.7 Å². The standard InChI is InChI=1S/C22H26N4O4S2/c1-15-20(13-19(31-15)21-24-16(2)30-25-21)32(28,29)26-12-6-9-18(14-26)22(27)23-11-10-17-7-4-3-5-8-17/h3-5,7-8,13,18H,6,9-12,14H2,1-2H3,(H,23,27)/t18-/m0/s1. The van der Waals surface area contributed by atoms with Gasteiger partial charge < -0.3 is 9.84 Å². The first-order valence-corrected chi connectivity index (χ1v) is 12.8. The van der Waals surface area contributed by atoms with Crippen molar-refractivity contribution in [2.75, 3.05) is 19.6 Å². The van der Waals surface area contributed by atoms with E-state index in [0.717, 1.165) is 12.0 Å². The number of thiophene rings is 1. The second-order valence-corrected chi connectivity index (χ2v) is 11.1. The minimum atomic E-state index is -3.73. The molecule has 2 aromatic heterocycles. The molecule has 3 aromatic rings. The molecule has 1 aliphatic heterocycles. The molecule has 1 N–H and O–H groups in total. The smallest absolute Gasteiger partial charge is 0.244 e. The van der Waals surface area contributed by atoms with E-state index in [1.54, 1.807) is 19.9 Å². The number of piperidine rings is 1. The van der Waals surface area contributed by atoms with Crippen LogP contribution in [-0.4, -0.2) is 48.4 Å². The molecule has 1 aliphatic rings. The summed E-state index contributed by atoms with van der Waals surface area (Å²) in [6.45, 7) is 4.58. The molecule has 10 heteroatoms. The number of carbonyl (C=O) groups is 1. The van der Waals surface area contributed by atoms with Crippen LogP contribution in [0.3, 0.4) is 0 Å². The molecule has 0 aliphatic carbocycles. The Labute approximate surface area is 191 Å². The lowest BCUT2D eigenvalue weighted by atomic mass is 9.99. The van der Waals surface area contributed by atoms with Crippen molar-refractivity contribution in [3.63, 3.8) is 0 Å². The third-order valence-corrected chi connectivity index (χ3v) is 8.72. The minimum absolute atomic E-state index is 0.0918. The van der Waals surface area contributed by atoms with Crippen molar-refractivity contribution >= 4 is 27.3 Å². The van der Waals surface area contributed by atoms with E-state index < -0.39 is 10.0 Å². The summed E-state index contributed by atoms with van der Waals surface area (Å²) in [5, 5.41) is 6.85. The zero-order valence-corrected chi connectivity index (χ0v) is 19.7. The Morgan fingerprint density at radius 2 is 2.06 bits per heavy atom. The van der Waals surface area contributed by atoms with E-state index in [1.165, 1.54) is 15.6 Å². The highest BCUT2D eigenvalue weighted by molar-refractivity contribution is 7.89. The first-order chi connectivity index (χ1) is 15.3. The Hall–Kier alpha value is -2.56. The van der Waals surface area contributed by atoms with Crippen LogP contribution in [0.2, 0.25) is 0 Å². The van der Waals surface area contributed by atoms with Gasteiger partial charge in [0.15, 0.2) is 0 Å². The highest BCUT2D eigenvalue weighted by Gasteiger charge is 2.35. The van der Waals surface area contributed by atoms with Crippen molar-refractivity contribution in [3.05, 3.63) is 52.7 Å². The number of hydrogen-bond acceptors (Lipinski definition) is 7. The Morgan fingerprint density at radius 1 is 1.28 bits per heavy atom. The second kappa shape index (κ2) is 9.51. The van der Waals surface area contributed by atoms with Gasteiger partial charge in [-0.25, -0.2) is 8.42 Å². The van der Waals surface area contributed by atoms with Gasteiger partial charge in [0.25, 0.3) is 0 Å². The average molecular weight is 475 g/mol. The molecule has 0 bridgehead atoms. The van der Waals surface area contributed by atoms with E-state index in [0.29, 0.717) is 47.4 Å². The van der Waals surface area contributed by atoms with Gasteiger partial charge in [0, 0.05) is 31.4 Å². The van der Waals surface area contributed by atoms with Crippen molar-refractivity contribution in [2.45, 2.75) is 38.0 Å². The number of nitrogens with one attached hydrogen (secondary N) is 1. The number of rotatable bonds is 7. The third-order valence-electron chi connectivity index (χ3n) is 5.55. The summed E-state index contributed by atoms with van der Waals surface area (Å²) in [4.78, 5) is 18.4. The van der Waals surface area contributed by atoms with Crippen molar-refractivity contribution in [1.82, 2.24) is 19.8 Å². The molecule has 0 unspecified atom stereocenters. The maximum absolute atomic E-state index is 13.4. The Kier molecular flexibility index (Phi) is 6.73. The SMILES string of the molecule is Cc1nc(-c2cc(S(=O)(=O)N3CCC[C@H](C(=O)NCCc4ccccc4)C3)c(C)s2)no1. The summed E-state index contributed by atoms with van der Waals surface area (Å²) in [6, 6.07) is 11.5. The first-order valence-electron chi connectivity index (χ1n) is 10.6. The molecule has 1 amide bonds. The molecule has 0 radical (unpaired) electrons. The molecule has 1 aromatic carbocycles. The monoisotopic (exact) mass is 474 g/mol. The topological polar surface area (TPSA) is 105 Å². The number of carbonyl (C=O) groups excluding carboxylic acids is 1. The fraction of sp³-hybridized carbons (Fsp3) is 0.409. The number of aromatic nitrogens is 2. The number of aryl methyl sites for hydroxylation is 2. The molecule has 32 heavy (non-hydrogen) atoms. The molecule has 1 fully saturated rings. The van der Waals surface area contributed by atoms with E-state index in [4.69, 9.17) is 4.52 Å². The molecule has 0 saturated carbocycles. The third kappa shape index (κ3) is 4.92. The van der Waals surface area contributed by atoms with Crippen molar-refractivity contribution in [2.24, 2.45) is 5.92 Å². The molecule has 170 valence electrons. The fourth-order valence-electron chi connectivity index (χ4n) is 3.86. The summed E-state index contributed by atoms with van der Waals surface area (Å²) < 4.78 is 33.2. The van der Waals surface area contributed by atoms with Crippen LogP contribution < -0.4 is 5.32 Å². The Balaban J connectivity index is 1.42. The Bertz CT molecular complexity index is 1190. The van der Waals surface area contributed by atoms with E-state index in [9.17, 15) is 13.2 Å².